The van der Waals surface area contributed by atoms with Gasteiger partial charge in [0.2, 0.25) is 0 Å². The van der Waals surface area contributed by atoms with Crippen LogP contribution < -0.4 is 16.0 Å². The van der Waals surface area contributed by atoms with Crippen LogP contribution in [0.2, 0.25) is 0 Å². The Bertz CT molecular complexity index is 1160. The highest BCUT2D eigenvalue weighted by molar-refractivity contribution is 14.1. The molecule has 2 heterocycles. The van der Waals surface area contributed by atoms with E-state index in [1.165, 1.54) is 0 Å². The van der Waals surface area contributed by atoms with Gasteiger partial charge < -0.3 is 20.7 Å². The van der Waals surface area contributed by atoms with E-state index in [4.69, 9.17) is 10.5 Å². The van der Waals surface area contributed by atoms with Crippen LogP contribution in [0.5, 0.6) is 0 Å². The highest BCUT2D eigenvalue weighted by Crippen LogP contribution is 2.44. The fourth-order valence-corrected chi connectivity index (χ4v) is 4.69. The standard InChI is InChI=1S/C22H24IN5O2/c1-11(13-6-14(23)8-15(24)7-13)25-20-16-9-19-17(10-18(16)26-12(2)27-20)22(3,30-5)21(29)28(19)4/h6-11H,24H2,1-5H3,(H,25,26,27)/t11-,22+/m1/s1. The Morgan fingerprint density at radius 3 is 2.63 bits per heavy atom. The molecule has 0 unspecified atom stereocenters. The minimum Gasteiger partial charge on any atom is -0.399 e. The number of nitrogen functional groups attached to an aromatic ring is 1. The topological polar surface area (TPSA) is 93.4 Å². The van der Waals surface area contributed by atoms with Crippen molar-refractivity contribution in [2.75, 3.05) is 30.1 Å². The van der Waals surface area contributed by atoms with Gasteiger partial charge in [0.1, 0.15) is 11.6 Å². The highest BCUT2D eigenvalue weighted by atomic mass is 127. The minimum atomic E-state index is -1.02. The van der Waals surface area contributed by atoms with Crippen molar-refractivity contribution in [3.63, 3.8) is 0 Å². The van der Waals surface area contributed by atoms with Crippen LogP contribution in [0.25, 0.3) is 10.9 Å². The Morgan fingerprint density at radius 1 is 1.23 bits per heavy atom. The van der Waals surface area contributed by atoms with Crippen molar-refractivity contribution in [2.24, 2.45) is 0 Å². The molecule has 1 amide bonds. The summed E-state index contributed by atoms with van der Waals surface area (Å²) in [6.45, 7) is 5.72. The van der Waals surface area contributed by atoms with Gasteiger partial charge in [-0.1, -0.05) is 0 Å². The Balaban J connectivity index is 1.83. The van der Waals surface area contributed by atoms with Crippen LogP contribution >= 0.6 is 22.6 Å². The molecule has 3 N–H and O–H groups in total. The molecule has 4 rings (SSSR count). The zero-order chi connectivity index (χ0) is 21.8. The number of nitrogens with one attached hydrogen (secondary N) is 1. The normalized spacial score (nSPS) is 19.3. The van der Waals surface area contributed by atoms with Gasteiger partial charge in [0.15, 0.2) is 5.60 Å². The maximum absolute atomic E-state index is 12.8. The molecule has 7 nitrogen and oxygen atoms in total. The first-order valence-corrected chi connectivity index (χ1v) is 10.7. The maximum atomic E-state index is 12.8. The van der Waals surface area contributed by atoms with Crippen molar-refractivity contribution >= 4 is 56.6 Å². The van der Waals surface area contributed by atoms with E-state index in [1.54, 1.807) is 26.0 Å². The molecule has 2 aromatic carbocycles. The molecular formula is C22H24IN5O2. The van der Waals surface area contributed by atoms with E-state index in [2.05, 4.69) is 50.9 Å². The fourth-order valence-electron chi connectivity index (χ4n) is 3.97. The molecule has 0 bridgehead atoms. The highest BCUT2D eigenvalue weighted by Gasteiger charge is 2.47. The number of carbonyl (C=O) groups is 1. The second-order valence-corrected chi connectivity index (χ2v) is 9.04. The molecule has 0 saturated carbocycles. The Hall–Kier alpha value is -2.46. The number of nitrogens with two attached hydrogens (primary N) is 1. The summed E-state index contributed by atoms with van der Waals surface area (Å²) in [7, 11) is 3.31. The van der Waals surface area contributed by atoms with Crippen LogP contribution in [-0.2, 0) is 15.1 Å². The number of halogens is 1. The SMILES string of the molecule is CO[C@]1(C)C(=O)N(C)c2cc3c(N[C@H](C)c4cc(N)cc(I)c4)nc(C)nc3cc21. The predicted octanol–water partition coefficient (Wildman–Crippen LogP) is 4.14. The first-order chi connectivity index (χ1) is 14.1. The number of methoxy groups -OCH3 is 1. The summed E-state index contributed by atoms with van der Waals surface area (Å²) in [6, 6.07) is 9.87. The van der Waals surface area contributed by atoms with Crippen LogP contribution in [-0.4, -0.2) is 30.0 Å². The molecule has 3 aromatic rings. The van der Waals surface area contributed by atoms with Gasteiger partial charge in [-0.15, -0.1) is 0 Å². The monoisotopic (exact) mass is 517 g/mol. The summed E-state index contributed by atoms with van der Waals surface area (Å²) in [4.78, 5) is 23.7. The van der Waals surface area contributed by atoms with Crippen molar-refractivity contribution in [2.45, 2.75) is 32.4 Å². The van der Waals surface area contributed by atoms with E-state index >= 15 is 0 Å². The Morgan fingerprint density at radius 2 is 1.97 bits per heavy atom. The quantitative estimate of drug-likeness (QED) is 0.400. The number of carbonyl (C=O) groups excluding carboxylic acids is 1. The van der Waals surface area contributed by atoms with E-state index in [1.807, 2.05) is 31.2 Å². The lowest BCUT2D eigenvalue weighted by Gasteiger charge is -2.21. The van der Waals surface area contributed by atoms with Gasteiger partial charge in [-0.2, -0.15) is 0 Å². The summed E-state index contributed by atoms with van der Waals surface area (Å²) in [5, 5.41) is 4.36. The van der Waals surface area contributed by atoms with Gasteiger partial charge >= 0.3 is 0 Å². The number of amides is 1. The number of hydrogen-bond donors (Lipinski definition) is 2. The van der Waals surface area contributed by atoms with Crippen molar-refractivity contribution in [3.05, 3.63) is 50.9 Å². The van der Waals surface area contributed by atoms with Gasteiger partial charge in [0, 0.05) is 34.4 Å². The van der Waals surface area contributed by atoms with Crippen LogP contribution in [0.4, 0.5) is 17.2 Å². The summed E-state index contributed by atoms with van der Waals surface area (Å²) in [5.41, 5.74) is 9.19. The molecule has 0 fully saturated rings. The number of nitrogens with zero attached hydrogens (tertiary/aromatic N) is 3. The first-order valence-electron chi connectivity index (χ1n) is 9.62. The second kappa shape index (κ2) is 7.35. The number of ether oxygens (including phenoxy) is 1. The molecule has 1 aliphatic rings. The maximum Gasteiger partial charge on any atom is 0.263 e. The van der Waals surface area contributed by atoms with E-state index < -0.39 is 5.60 Å². The van der Waals surface area contributed by atoms with Crippen LogP contribution in [0.15, 0.2) is 30.3 Å². The van der Waals surface area contributed by atoms with Crippen molar-refractivity contribution in [1.82, 2.24) is 9.97 Å². The Kier molecular flexibility index (Phi) is 5.09. The number of anilines is 3. The van der Waals surface area contributed by atoms with Gasteiger partial charge in [0.25, 0.3) is 5.91 Å². The molecule has 2 atom stereocenters. The Labute approximate surface area is 189 Å². The van der Waals surface area contributed by atoms with E-state index in [9.17, 15) is 4.79 Å². The molecule has 0 radical (unpaired) electrons. The van der Waals surface area contributed by atoms with E-state index in [0.717, 1.165) is 42.8 Å². The molecule has 1 aliphatic heterocycles. The predicted molar refractivity (Wildman–Crippen MR) is 128 cm³/mol. The van der Waals surface area contributed by atoms with E-state index in [0.29, 0.717) is 5.82 Å². The molecule has 0 spiro atoms. The fraction of sp³-hybridized carbons (Fsp3) is 0.318. The largest absolute Gasteiger partial charge is 0.399 e. The van der Waals surface area contributed by atoms with Crippen molar-refractivity contribution in [3.8, 4) is 0 Å². The number of likely N-dealkylation sites (N-methyl/N-ethyl adjacent to an activating group) is 1. The van der Waals surface area contributed by atoms with Crippen LogP contribution in [0, 0.1) is 10.5 Å². The van der Waals surface area contributed by atoms with Gasteiger partial charge in [-0.25, -0.2) is 9.97 Å². The number of hydrogen-bond acceptors (Lipinski definition) is 6. The average molecular weight is 517 g/mol. The summed E-state index contributed by atoms with van der Waals surface area (Å²) < 4.78 is 6.68. The molecule has 30 heavy (non-hydrogen) atoms. The van der Waals surface area contributed by atoms with Gasteiger partial charge in [-0.05, 0) is 79.3 Å². The van der Waals surface area contributed by atoms with Crippen molar-refractivity contribution < 1.29 is 9.53 Å². The van der Waals surface area contributed by atoms with Gasteiger partial charge in [0.05, 0.1) is 17.2 Å². The van der Waals surface area contributed by atoms with Gasteiger partial charge in [-0.3, -0.25) is 4.79 Å². The summed E-state index contributed by atoms with van der Waals surface area (Å²) in [5.74, 6) is 1.27. The average Bonchev–Trinajstić information content (AvgIpc) is 2.87. The number of aromatic nitrogens is 2. The molecular weight excluding hydrogens is 493 g/mol. The third kappa shape index (κ3) is 3.27. The molecule has 156 valence electrons. The smallest absolute Gasteiger partial charge is 0.263 e. The zero-order valence-corrected chi connectivity index (χ0v) is 19.7. The number of fused-ring (bicyclic) bond motifs is 2. The molecule has 1 aromatic heterocycles. The second-order valence-electron chi connectivity index (χ2n) is 7.79. The number of aryl methyl sites for hydroxylation is 1. The lowest BCUT2D eigenvalue weighted by molar-refractivity contribution is -0.137. The van der Waals surface area contributed by atoms with Crippen LogP contribution in [0.1, 0.15) is 36.8 Å². The molecule has 8 heteroatoms. The lowest BCUT2D eigenvalue weighted by atomic mass is 9.96. The van der Waals surface area contributed by atoms with Crippen molar-refractivity contribution in [1.29, 1.82) is 0 Å². The first kappa shape index (κ1) is 20.8. The molecule has 0 aliphatic carbocycles. The van der Waals surface area contributed by atoms with E-state index in [-0.39, 0.29) is 11.9 Å². The molecule has 0 saturated heterocycles. The van der Waals surface area contributed by atoms with Crippen LogP contribution in [0.3, 0.4) is 0 Å². The minimum absolute atomic E-state index is 0.0172. The lowest BCUT2D eigenvalue weighted by Crippen LogP contribution is -2.37. The number of benzene rings is 2. The summed E-state index contributed by atoms with van der Waals surface area (Å²) >= 11 is 2.26. The number of rotatable bonds is 4. The third-order valence-corrected chi connectivity index (χ3v) is 6.34. The third-order valence-electron chi connectivity index (χ3n) is 5.72. The zero-order valence-electron chi connectivity index (χ0n) is 17.6. The summed E-state index contributed by atoms with van der Waals surface area (Å²) in [6.07, 6.45) is 0.